The number of thioether (sulfide) groups is 2. The van der Waals surface area contributed by atoms with Crippen LogP contribution in [0.25, 0.3) is 0 Å². The monoisotopic (exact) mass is 441 g/mol. The summed E-state index contributed by atoms with van der Waals surface area (Å²) in [6.07, 6.45) is 1.25. The number of halogens is 1. The Morgan fingerprint density at radius 2 is 1.79 bits per heavy atom. The smallest absolute Gasteiger partial charge is 0.173 e. The van der Waals surface area contributed by atoms with Crippen molar-refractivity contribution in [3.8, 4) is 0 Å². The number of aryl methyl sites for hydroxylation is 1. The van der Waals surface area contributed by atoms with Gasteiger partial charge < -0.3 is 4.55 Å². The van der Waals surface area contributed by atoms with Gasteiger partial charge in [0.05, 0.1) is 22.0 Å². The summed E-state index contributed by atoms with van der Waals surface area (Å²) < 4.78 is 17.7. The zero-order chi connectivity index (χ0) is 16.9. The predicted molar refractivity (Wildman–Crippen MR) is 111 cm³/mol. The second-order valence-electron chi connectivity index (χ2n) is 5.66. The van der Waals surface area contributed by atoms with Gasteiger partial charge in [0.2, 0.25) is 0 Å². The van der Waals surface area contributed by atoms with Crippen LogP contribution in [0.5, 0.6) is 0 Å². The molecule has 1 aliphatic rings. The van der Waals surface area contributed by atoms with Crippen LogP contribution in [0, 0.1) is 6.92 Å². The summed E-state index contributed by atoms with van der Waals surface area (Å²) in [5, 5.41) is 0. The standard InChI is InChI=1S/C18H20BrNOS3/c1-13-7-9-14(10-8-13)24(21)20-17(18-22-11-4-12-23-18)15-5-2-3-6-16(15)19/h2-3,5-10,17-18,20H,4,11-12H2,1H3. The minimum absolute atomic E-state index is 0.0398. The molecule has 2 nitrogen and oxygen atoms in total. The van der Waals surface area contributed by atoms with E-state index in [0.29, 0.717) is 4.58 Å². The zero-order valence-corrected chi connectivity index (χ0v) is 17.4. The zero-order valence-electron chi connectivity index (χ0n) is 13.4. The summed E-state index contributed by atoms with van der Waals surface area (Å²) in [6.45, 7) is 2.04. The van der Waals surface area contributed by atoms with Crippen molar-refractivity contribution in [3.63, 3.8) is 0 Å². The maximum atomic E-state index is 12.9. The molecule has 1 saturated heterocycles. The Kier molecular flexibility index (Phi) is 7.01. The Balaban J connectivity index is 1.84. The van der Waals surface area contributed by atoms with Crippen molar-refractivity contribution < 1.29 is 4.55 Å². The van der Waals surface area contributed by atoms with Crippen molar-refractivity contribution in [2.45, 2.75) is 28.9 Å². The lowest BCUT2D eigenvalue weighted by Crippen LogP contribution is -2.35. The fourth-order valence-electron chi connectivity index (χ4n) is 2.54. The van der Waals surface area contributed by atoms with Gasteiger partial charge in [-0.3, -0.25) is 0 Å². The van der Waals surface area contributed by atoms with Gasteiger partial charge in [-0.05, 0) is 48.6 Å². The van der Waals surface area contributed by atoms with Crippen LogP contribution in [0.1, 0.15) is 23.6 Å². The van der Waals surface area contributed by atoms with Crippen molar-refractivity contribution in [2.75, 3.05) is 11.5 Å². The Bertz CT molecular complexity index is 662. The third-order valence-electron chi connectivity index (χ3n) is 3.83. The second-order valence-corrected chi connectivity index (χ2v) is 10.6. The highest BCUT2D eigenvalue weighted by Crippen LogP contribution is 2.41. The van der Waals surface area contributed by atoms with Crippen LogP contribution < -0.4 is 4.72 Å². The summed E-state index contributed by atoms with van der Waals surface area (Å²) in [6, 6.07) is 16.2. The summed E-state index contributed by atoms with van der Waals surface area (Å²) in [5.41, 5.74) is 2.35. The van der Waals surface area contributed by atoms with Gasteiger partial charge in [-0.1, -0.05) is 51.8 Å². The maximum Gasteiger partial charge on any atom is 0.173 e. The molecule has 2 aromatic carbocycles. The third kappa shape index (κ3) is 4.74. The van der Waals surface area contributed by atoms with E-state index in [1.165, 1.54) is 17.5 Å². The number of benzene rings is 2. The molecule has 0 radical (unpaired) electrons. The fourth-order valence-corrected chi connectivity index (χ4v) is 7.30. The van der Waals surface area contributed by atoms with Crippen LogP contribution in [0.4, 0.5) is 0 Å². The molecule has 0 bridgehead atoms. The normalized spacial score (nSPS) is 18.3. The van der Waals surface area contributed by atoms with Gasteiger partial charge in [-0.2, -0.15) is 0 Å². The minimum Gasteiger partial charge on any atom is -0.593 e. The molecule has 2 unspecified atom stereocenters. The molecule has 1 N–H and O–H groups in total. The van der Waals surface area contributed by atoms with Crippen LogP contribution in [-0.4, -0.2) is 20.6 Å². The molecule has 1 heterocycles. The first-order valence-corrected chi connectivity index (χ1v) is 11.9. The second kappa shape index (κ2) is 9.01. The van der Waals surface area contributed by atoms with E-state index in [1.54, 1.807) is 0 Å². The molecule has 24 heavy (non-hydrogen) atoms. The van der Waals surface area contributed by atoms with Gasteiger partial charge in [-0.15, -0.1) is 28.2 Å². The highest BCUT2D eigenvalue weighted by atomic mass is 79.9. The van der Waals surface area contributed by atoms with E-state index in [9.17, 15) is 4.55 Å². The number of rotatable bonds is 5. The Morgan fingerprint density at radius 1 is 1.12 bits per heavy atom. The lowest BCUT2D eigenvalue weighted by molar-refractivity contribution is 0.563. The first-order valence-electron chi connectivity index (χ1n) is 7.87. The predicted octanol–water partition coefficient (Wildman–Crippen LogP) is 5.31. The Morgan fingerprint density at radius 3 is 2.46 bits per heavy atom. The van der Waals surface area contributed by atoms with E-state index in [1.807, 2.05) is 66.8 Å². The molecule has 6 heteroatoms. The molecule has 1 aliphatic heterocycles. The first-order chi connectivity index (χ1) is 11.6. The van der Waals surface area contributed by atoms with Gasteiger partial charge in [-0.25, -0.2) is 0 Å². The van der Waals surface area contributed by atoms with Crippen molar-refractivity contribution in [2.24, 2.45) is 0 Å². The summed E-state index contributed by atoms with van der Waals surface area (Å²) in [7, 11) is 0. The largest absolute Gasteiger partial charge is 0.593 e. The van der Waals surface area contributed by atoms with Gasteiger partial charge in [0.15, 0.2) is 4.90 Å². The molecule has 0 spiro atoms. The van der Waals surface area contributed by atoms with E-state index < -0.39 is 11.4 Å². The molecule has 2 aromatic rings. The quantitative estimate of drug-likeness (QED) is 0.637. The number of hydrogen-bond donors (Lipinski definition) is 1. The topological polar surface area (TPSA) is 35.1 Å². The van der Waals surface area contributed by atoms with Crippen LogP contribution in [0.15, 0.2) is 57.9 Å². The van der Waals surface area contributed by atoms with Crippen LogP contribution in [0.3, 0.4) is 0 Å². The van der Waals surface area contributed by atoms with Crippen molar-refractivity contribution in [3.05, 3.63) is 64.1 Å². The van der Waals surface area contributed by atoms with Crippen LogP contribution in [0.2, 0.25) is 0 Å². The van der Waals surface area contributed by atoms with Gasteiger partial charge >= 0.3 is 0 Å². The lowest BCUT2D eigenvalue weighted by atomic mass is 10.1. The van der Waals surface area contributed by atoms with Crippen molar-refractivity contribution >= 4 is 50.8 Å². The minimum atomic E-state index is -1.23. The fraction of sp³-hybridized carbons (Fsp3) is 0.333. The molecular weight excluding hydrogens is 422 g/mol. The highest BCUT2D eigenvalue weighted by molar-refractivity contribution is 9.10. The summed E-state index contributed by atoms with van der Waals surface area (Å²) in [5.74, 6) is 2.33. The van der Waals surface area contributed by atoms with Crippen molar-refractivity contribution in [1.29, 1.82) is 0 Å². The lowest BCUT2D eigenvalue weighted by Gasteiger charge is -2.30. The Hall–Kier alpha value is -0.110. The Labute approximate surface area is 164 Å². The molecule has 0 aromatic heterocycles. The van der Waals surface area contributed by atoms with E-state index in [2.05, 4.69) is 32.8 Å². The van der Waals surface area contributed by atoms with Gasteiger partial charge in [0, 0.05) is 4.47 Å². The average Bonchev–Trinajstić information content (AvgIpc) is 2.61. The molecule has 3 rings (SSSR count). The SMILES string of the molecule is Cc1ccc([S+]([O-])NC(c2ccccc2Br)C2SCCCS2)cc1. The van der Waals surface area contributed by atoms with E-state index in [4.69, 9.17) is 0 Å². The first kappa shape index (κ1) is 18.7. The number of nitrogens with one attached hydrogen (secondary N) is 1. The molecule has 1 fully saturated rings. The number of hydrogen-bond acceptors (Lipinski definition) is 4. The average molecular weight is 442 g/mol. The maximum absolute atomic E-state index is 12.9. The molecule has 128 valence electrons. The molecule has 0 saturated carbocycles. The molecule has 2 atom stereocenters. The van der Waals surface area contributed by atoms with E-state index in [0.717, 1.165) is 20.9 Å². The van der Waals surface area contributed by atoms with Crippen molar-refractivity contribution in [1.82, 2.24) is 4.72 Å². The van der Waals surface area contributed by atoms with E-state index in [-0.39, 0.29) is 6.04 Å². The van der Waals surface area contributed by atoms with Crippen LogP contribution in [-0.2, 0) is 11.4 Å². The summed E-state index contributed by atoms with van der Waals surface area (Å²) >= 11 is 6.35. The summed E-state index contributed by atoms with van der Waals surface area (Å²) in [4.78, 5) is 0.823. The van der Waals surface area contributed by atoms with Crippen LogP contribution >= 0.6 is 39.5 Å². The highest BCUT2D eigenvalue weighted by Gasteiger charge is 2.31. The van der Waals surface area contributed by atoms with Gasteiger partial charge in [0.1, 0.15) is 0 Å². The third-order valence-corrected chi connectivity index (χ3v) is 8.79. The molecule has 0 amide bonds. The molecule has 0 aliphatic carbocycles. The van der Waals surface area contributed by atoms with Gasteiger partial charge in [0.25, 0.3) is 0 Å². The molecular formula is C18H20BrNOS3. The van der Waals surface area contributed by atoms with E-state index >= 15 is 0 Å².